The van der Waals surface area contributed by atoms with E-state index in [1.807, 2.05) is 12.1 Å². The molecule has 0 saturated carbocycles. The fourth-order valence-electron chi connectivity index (χ4n) is 3.07. The second kappa shape index (κ2) is 9.37. The minimum absolute atomic E-state index is 0.0297. The molecule has 0 atom stereocenters. The van der Waals surface area contributed by atoms with Crippen LogP contribution in [0.2, 0.25) is 0 Å². The number of non-ortho nitro benzene ring substituents is 1. The van der Waals surface area contributed by atoms with E-state index in [0.29, 0.717) is 5.75 Å². The minimum atomic E-state index is -0.616. The summed E-state index contributed by atoms with van der Waals surface area (Å²) in [7, 11) is 0. The van der Waals surface area contributed by atoms with Gasteiger partial charge in [-0.3, -0.25) is 14.9 Å². The Kier molecular flexibility index (Phi) is 7.31. The standard InChI is InChI=1S/C24H32N2O5/c1-7-23(3,4)16-9-12-21(18(13-16)24(5,6)8-2)31-15-22(28)25-19-11-10-17(26(29)30)14-20(19)27/h9-14,27H,7-8,15H2,1-6H3,(H,25,28). The molecule has 1 amide bonds. The zero-order chi connectivity index (χ0) is 23.4. The molecule has 2 rings (SSSR count). The summed E-state index contributed by atoms with van der Waals surface area (Å²) in [5.74, 6) is -0.200. The number of phenolic OH excluding ortho intramolecular Hbond substituents is 1. The molecular formula is C24H32N2O5. The molecule has 0 unspecified atom stereocenters. The van der Waals surface area contributed by atoms with Gasteiger partial charge in [-0.1, -0.05) is 53.7 Å². The van der Waals surface area contributed by atoms with E-state index in [9.17, 15) is 20.0 Å². The highest BCUT2D eigenvalue weighted by atomic mass is 16.6. The number of nitro groups is 1. The van der Waals surface area contributed by atoms with Gasteiger partial charge in [0.05, 0.1) is 16.7 Å². The number of anilines is 1. The van der Waals surface area contributed by atoms with Gasteiger partial charge in [0.1, 0.15) is 11.5 Å². The van der Waals surface area contributed by atoms with E-state index in [2.05, 4.69) is 52.9 Å². The molecule has 0 aliphatic carbocycles. The van der Waals surface area contributed by atoms with Crippen molar-refractivity contribution >= 4 is 17.3 Å². The summed E-state index contributed by atoms with van der Waals surface area (Å²) < 4.78 is 5.86. The third-order valence-electron chi connectivity index (χ3n) is 6.08. The van der Waals surface area contributed by atoms with Crippen LogP contribution in [0.25, 0.3) is 0 Å². The van der Waals surface area contributed by atoms with Crippen LogP contribution in [0.3, 0.4) is 0 Å². The smallest absolute Gasteiger partial charge is 0.273 e. The molecule has 2 aromatic carbocycles. The van der Waals surface area contributed by atoms with Crippen LogP contribution in [0.15, 0.2) is 36.4 Å². The van der Waals surface area contributed by atoms with Crippen molar-refractivity contribution in [1.82, 2.24) is 0 Å². The van der Waals surface area contributed by atoms with Crippen LogP contribution in [-0.4, -0.2) is 22.5 Å². The summed E-state index contributed by atoms with van der Waals surface area (Å²) in [5, 5.41) is 23.2. The predicted molar refractivity (Wildman–Crippen MR) is 122 cm³/mol. The Morgan fingerprint density at radius 2 is 1.71 bits per heavy atom. The number of nitro benzene ring substituents is 1. The third-order valence-corrected chi connectivity index (χ3v) is 6.08. The van der Waals surface area contributed by atoms with Gasteiger partial charge < -0.3 is 15.2 Å². The zero-order valence-electron chi connectivity index (χ0n) is 19.1. The molecule has 0 spiro atoms. The van der Waals surface area contributed by atoms with E-state index in [0.717, 1.165) is 24.5 Å². The van der Waals surface area contributed by atoms with Crippen molar-refractivity contribution in [1.29, 1.82) is 0 Å². The Balaban J connectivity index is 2.20. The fraction of sp³-hybridized carbons (Fsp3) is 0.458. The molecule has 0 aromatic heterocycles. The highest BCUT2D eigenvalue weighted by Gasteiger charge is 2.27. The number of amides is 1. The maximum absolute atomic E-state index is 12.4. The van der Waals surface area contributed by atoms with Crippen molar-refractivity contribution in [3.63, 3.8) is 0 Å². The second-order valence-corrected chi connectivity index (χ2v) is 8.98. The number of nitrogens with zero attached hydrogens (tertiary/aromatic N) is 1. The average molecular weight is 429 g/mol. The Bertz CT molecular complexity index is 966. The summed E-state index contributed by atoms with van der Waals surface area (Å²) in [5.41, 5.74) is 1.99. The van der Waals surface area contributed by atoms with Crippen LogP contribution in [0.4, 0.5) is 11.4 Å². The molecule has 7 nitrogen and oxygen atoms in total. The number of hydrogen-bond acceptors (Lipinski definition) is 5. The number of ether oxygens (including phenoxy) is 1. The van der Waals surface area contributed by atoms with Gasteiger partial charge in [-0.2, -0.15) is 0 Å². The van der Waals surface area contributed by atoms with Crippen LogP contribution >= 0.6 is 0 Å². The summed E-state index contributed by atoms with van der Waals surface area (Å²) in [6.07, 6.45) is 1.91. The molecule has 0 fully saturated rings. The van der Waals surface area contributed by atoms with Crippen molar-refractivity contribution in [3.05, 3.63) is 57.6 Å². The highest BCUT2D eigenvalue weighted by Crippen LogP contribution is 2.38. The maximum Gasteiger partial charge on any atom is 0.273 e. The first-order chi connectivity index (χ1) is 14.4. The molecule has 0 heterocycles. The lowest BCUT2D eigenvalue weighted by Gasteiger charge is -2.30. The van der Waals surface area contributed by atoms with Crippen molar-refractivity contribution < 1.29 is 19.6 Å². The first-order valence-corrected chi connectivity index (χ1v) is 10.5. The van der Waals surface area contributed by atoms with Gasteiger partial charge >= 0.3 is 0 Å². The lowest BCUT2D eigenvalue weighted by molar-refractivity contribution is -0.384. The van der Waals surface area contributed by atoms with E-state index in [1.165, 1.54) is 17.7 Å². The normalized spacial score (nSPS) is 11.8. The monoisotopic (exact) mass is 428 g/mol. The van der Waals surface area contributed by atoms with Crippen LogP contribution < -0.4 is 10.1 Å². The van der Waals surface area contributed by atoms with Crippen LogP contribution in [0.5, 0.6) is 11.5 Å². The lowest BCUT2D eigenvalue weighted by atomic mass is 9.76. The topological polar surface area (TPSA) is 102 Å². The van der Waals surface area contributed by atoms with Gasteiger partial charge in [0, 0.05) is 11.6 Å². The third kappa shape index (κ3) is 5.75. The molecule has 0 saturated heterocycles. The van der Waals surface area contributed by atoms with Gasteiger partial charge in [-0.05, 0) is 41.4 Å². The number of rotatable bonds is 9. The molecule has 168 valence electrons. The number of phenols is 1. The Labute approximate surface area is 183 Å². The zero-order valence-corrected chi connectivity index (χ0v) is 19.1. The number of nitrogens with one attached hydrogen (secondary N) is 1. The molecule has 2 N–H and O–H groups in total. The Morgan fingerprint density at radius 3 is 2.26 bits per heavy atom. The summed E-state index contributed by atoms with van der Waals surface area (Å²) >= 11 is 0. The molecule has 31 heavy (non-hydrogen) atoms. The van der Waals surface area contributed by atoms with E-state index < -0.39 is 10.8 Å². The quantitative estimate of drug-likeness (QED) is 0.303. The number of hydrogen-bond donors (Lipinski definition) is 2. The molecule has 0 radical (unpaired) electrons. The summed E-state index contributed by atoms with van der Waals surface area (Å²) in [6.45, 7) is 12.7. The number of carbonyl (C=O) groups is 1. The van der Waals surface area contributed by atoms with Crippen molar-refractivity contribution in [3.8, 4) is 11.5 Å². The SMILES string of the molecule is CCC(C)(C)c1ccc(OCC(=O)Nc2ccc([N+](=O)[O-])cc2O)c(C(C)(C)CC)c1. The molecular weight excluding hydrogens is 396 g/mol. The largest absolute Gasteiger partial charge is 0.506 e. The number of aromatic hydroxyl groups is 1. The minimum Gasteiger partial charge on any atom is -0.506 e. The molecule has 0 bridgehead atoms. The first kappa shape index (κ1) is 24.2. The summed E-state index contributed by atoms with van der Waals surface area (Å²) in [6, 6.07) is 9.62. The average Bonchev–Trinajstić information content (AvgIpc) is 2.73. The Hall–Kier alpha value is -3.09. The lowest BCUT2D eigenvalue weighted by Crippen LogP contribution is -2.24. The van der Waals surface area contributed by atoms with Crippen LogP contribution in [0.1, 0.15) is 65.5 Å². The molecule has 0 aliphatic rings. The molecule has 0 aliphatic heterocycles. The van der Waals surface area contributed by atoms with Crippen molar-refractivity contribution in [2.75, 3.05) is 11.9 Å². The molecule has 7 heteroatoms. The van der Waals surface area contributed by atoms with E-state index in [1.54, 1.807) is 0 Å². The molecule has 2 aromatic rings. The van der Waals surface area contributed by atoms with E-state index in [4.69, 9.17) is 4.74 Å². The van der Waals surface area contributed by atoms with Gasteiger partial charge in [0.15, 0.2) is 6.61 Å². The summed E-state index contributed by atoms with van der Waals surface area (Å²) in [4.78, 5) is 22.5. The number of carbonyl (C=O) groups excluding carboxylic acids is 1. The van der Waals surface area contributed by atoms with Gasteiger partial charge in [0.25, 0.3) is 11.6 Å². The van der Waals surface area contributed by atoms with Gasteiger partial charge in [-0.25, -0.2) is 0 Å². The second-order valence-electron chi connectivity index (χ2n) is 8.98. The van der Waals surface area contributed by atoms with Crippen molar-refractivity contribution in [2.24, 2.45) is 0 Å². The maximum atomic E-state index is 12.4. The first-order valence-electron chi connectivity index (χ1n) is 10.5. The predicted octanol–water partition coefficient (Wildman–Crippen LogP) is 5.69. The van der Waals surface area contributed by atoms with Crippen molar-refractivity contribution in [2.45, 2.75) is 65.2 Å². The number of benzene rings is 2. The highest BCUT2D eigenvalue weighted by molar-refractivity contribution is 5.93. The fourth-order valence-corrected chi connectivity index (χ4v) is 3.07. The van der Waals surface area contributed by atoms with Gasteiger partial charge in [-0.15, -0.1) is 0 Å². The Morgan fingerprint density at radius 1 is 1.06 bits per heavy atom. The van der Waals surface area contributed by atoms with E-state index in [-0.39, 0.29) is 34.6 Å². The van der Waals surface area contributed by atoms with Gasteiger partial charge in [0.2, 0.25) is 0 Å². The van der Waals surface area contributed by atoms with E-state index >= 15 is 0 Å². The van der Waals surface area contributed by atoms with Crippen LogP contribution in [-0.2, 0) is 15.6 Å². The van der Waals surface area contributed by atoms with Crippen LogP contribution in [0, 0.1) is 10.1 Å².